The van der Waals surface area contributed by atoms with Crippen molar-refractivity contribution in [3.63, 3.8) is 0 Å². The molecule has 0 rings (SSSR count). The maximum absolute atomic E-state index is 4.84. The Kier molecular flexibility index (Phi) is 5.57. The first-order chi connectivity index (χ1) is 4.91. The van der Waals surface area contributed by atoms with Crippen LogP contribution in [0.1, 0.15) is 0 Å². The second kappa shape index (κ2) is 6.98. The number of hydrogen-bond donors (Lipinski definition) is 0. The predicted octanol–water partition coefficient (Wildman–Crippen LogP) is 0.816. The molecule has 44 valence electrons. The van der Waals surface area contributed by atoms with Crippen LogP contribution in [0.15, 0.2) is 12.2 Å². The van der Waals surface area contributed by atoms with Gasteiger partial charge in [-0.05, 0) is 35.8 Å². The van der Waals surface area contributed by atoms with E-state index in [9.17, 15) is 0 Å². The monoisotopic (exact) mass is 124 g/mol. The van der Waals surface area contributed by atoms with Crippen molar-refractivity contribution in [3.8, 4) is 48.4 Å². The van der Waals surface area contributed by atoms with Gasteiger partial charge in [-0.1, -0.05) is 11.8 Å². The third-order valence-corrected chi connectivity index (χ3v) is 0.539. The molecule has 0 atom stereocenters. The van der Waals surface area contributed by atoms with Gasteiger partial charge in [-0.15, -0.1) is 12.8 Å². The summed E-state index contributed by atoms with van der Waals surface area (Å²) in [6.07, 6.45) is 12.8. The molecule has 0 amide bonds. The normalized spacial score (nSPS) is 5.80. The van der Waals surface area contributed by atoms with Crippen LogP contribution in [0.5, 0.6) is 0 Å². The van der Waals surface area contributed by atoms with Crippen molar-refractivity contribution >= 4 is 0 Å². The van der Waals surface area contributed by atoms with Gasteiger partial charge < -0.3 is 0 Å². The van der Waals surface area contributed by atoms with Crippen molar-refractivity contribution < 1.29 is 0 Å². The highest BCUT2D eigenvalue weighted by Gasteiger charge is 1.55. The van der Waals surface area contributed by atoms with Crippen LogP contribution in [-0.4, -0.2) is 0 Å². The third kappa shape index (κ3) is 5.98. The molecule has 0 bridgehead atoms. The fraction of sp³-hybridized carbons (Fsp3) is 0. The lowest BCUT2D eigenvalue weighted by molar-refractivity contribution is 2.13. The Morgan fingerprint density at radius 3 is 1.50 bits per heavy atom. The van der Waals surface area contributed by atoms with Crippen LogP contribution in [0.25, 0.3) is 0 Å². The van der Waals surface area contributed by atoms with Crippen LogP contribution in [0.4, 0.5) is 0 Å². The number of allylic oxidation sites excluding steroid dienone is 2. The number of terminal acetylenes is 2. The Balaban J connectivity index is 3.84. The Morgan fingerprint density at radius 1 is 0.800 bits per heavy atom. The van der Waals surface area contributed by atoms with E-state index in [2.05, 4.69) is 35.5 Å². The highest BCUT2D eigenvalue weighted by atomic mass is 13.6. The zero-order valence-electron chi connectivity index (χ0n) is 5.31. The summed E-state index contributed by atoms with van der Waals surface area (Å²) in [5.41, 5.74) is 0. The fourth-order valence-electron chi connectivity index (χ4n) is 0.250. The summed E-state index contributed by atoms with van der Waals surface area (Å²) in [6, 6.07) is 0. The van der Waals surface area contributed by atoms with Gasteiger partial charge in [0.2, 0.25) is 0 Å². The van der Waals surface area contributed by atoms with E-state index in [4.69, 9.17) is 12.8 Å². The molecule has 0 heteroatoms. The molecule has 0 nitrogen and oxygen atoms in total. The largest absolute Gasteiger partial charge is 0.106 e. The maximum atomic E-state index is 4.84. The van der Waals surface area contributed by atoms with Crippen molar-refractivity contribution in [1.82, 2.24) is 0 Å². The zero-order chi connectivity index (χ0) is 7.66. The second-order valence-corrected chi connectivity index (χ2v) is 1.16. The van der Waals surface area contributed by atoms with Crippen LogP contribution in [-0.2, 0) is 0 Å². The summed E-state index contributed by atoms with van der Waals surface area (Å²) in [5, 5.41) is 0. The summed E-state index contributed by atoms with van der Waals surface area (Å²) in [5.74, 6) is 14.2. The quantitative estimate of drug-likeness (QED) is 0.419. The molecular formula is C10H4. The minimum Gasteiger partial charge on any atom is -0.106 e. The Labute approximate surface area is 61.3 Å². The van der Waals surface area contributed by atoms with Crippen LogP contribution in [0.2, 0.25) is 0 Å². The van der Waals surface area contributed by atoms with Gasteiger partial charge in [0, 0.05) is 0 Å². The molecule has 0 radical (unpaired) electrons. The van der Waals surface area contributed by atoms with Crippen molar-refractivity contribution in [3.05, 3.63) is 12.2 Å². The molecule has 0 saturated heterocycles. The Morgan fingerprint density at radius 2 is 1.20 bits per heavy atom. The molecule has 0 saturated carbocycles. The first-order valence-corrected chi connectivity index (χ1v) is 2.49. The smallest absolute Gasteiger partial charge is 0.00246 e. The molecule has 0 aliphatic rings. The summed E-state index contributed by atoms with van der Waals surface area (Å²) in [7, 11) is 0. The molecule has 0 aliphatic heterocycles. The lowest BCUT2D eigenvalue weighted by atomic mass is 10.4. The Hall–Kier alpha value is -2.02. The zero-order valence-corrected chi connectivity index (χ0v) is 5.31. The SMILES string of the molecule is C#CC#CC=CC#CC#C. The van der Waals surface area contributed by atoms with Gasteiger partial charge in [0.05, 0.1) is 0 Å². The maximum Gasteiger partial charge on any atom is -0.00246 e. The van der Waals surface area contributed by atoms with E-state index in [1.807, 2.05) is 0 Å². The van der Waals surface area contributed by atoms with Gasteiger partial charge in [-0.25, -0.2) is 0 Å². The summed E-state index contributed by atoms with van der Waals surface area (Å²) < 4.78 is 0. The van der Waals surface area contributed by atoms with Crippen LogP contribution in [0, 0.1) is 48.4 Å². The standard InChI is InChI=1S/C10H4/c1-3-5-7-9-10-8-6-4-2/h1-2,9-10H. The third-order valence-electron chi connectivity index (χ3n) is 0.539. The van der Waals surface area contributed by atoms with Crippen molar-refractivity contribution in [2.24, 2.45) is 0 Å². The van der Waals surface area contributed by atoms with Gasteiger partial charge in [0.25, 0.3) is 0 Å². The van der Waals surface area contributed by atoms with Gasteiger partial charge >= 0.3 is 0 Å². The van der Waals surface area contributed by atoms with Crippen molar-refractivity contribution in [2.75, 3.05) is 0 Å². The molecule has 0 aromatic carbocycles. The molecule has 0 spiro atoms. The van der Waals surface area contributed by atoms with Crippen LogP contribution < -0.4 is 0 Å². The van der Waals surface area contributed by atoms with E-state index in [0.717, 1.165) is 0 Å². The van der Waals surface area contributed by atoms with Crippen molar-refractivity contribution in [2.45, 2.75) is 0 Å². The molecule has 0 heterocycles. The number of hydrogen-bond acceptors (Lipinski definition) is 0. The molecule has 0 unspecified atom stereocenters. The highest BCUT2D eigenvalue weighted by Crippen LogP contribution is 1.65. The van der Waals surface area contributed by atoms with Crippen LogP contribution >= 0.6 is 0 Å². The molecule has 10 heavy (non-hydrogen) atoms. The highest BCUT2D eigenvalue weighted by molar-refractivity contribution is 5.34. The van der Waals surface area contributed by atoms with Gasteiger partial charge in [-0.2, -0.15) is 0 Å². The first kappa shape index (κ1) is 7.98. The summed E-state index contributed by atoms with van der Waals surface area (Å²) in [6.45, 7) is 0. The summed E-state index contributed by atoms with van der Waals surface area (Å²) >= 11 is 0. The average Bonchev–Trinajstić information content (AvgIpc) is 1.97. The Bertz CT molecular complexity index is 274. The predicted molar refractivity (Wildman–Crippen MR) is 42.4 cm³/mol. The average molecular weight is 124 g/mol. The van der Waals surface area contributed by atoms with Gasteiger partial charge in [0.1, 0.15) is 0 Å². The van der Waals surface area contributed by atoms with Crippen molar-refractivity contribution in [1.29, 1.82) is 0 Å². The molecule has 0 aromatic heterocycles. The van der Waals surface area contributed by atoms with E-state index in [0.29, 0.717) is 0 Å². The van der Waals surface area contributed by atoms with Gasteiger partial charge in [0.15, 0.2) is 0 Å². The van der Waals surface area contributed by atoms with E-state index in [1.165, 1.54) is 0 Å². The lowest BCUT2D eigenvalue weighted by Gasteiger charge is -1.59. The van der Waals surface area contributed by atoms with E-state index >= 15 is 0 Å². The summed E-state index contributed by atoms with van der Waals surface area (Å²) in [4.78, 5) is 0. The minimum absolute atomic E-state index is 1.55. The molecule has 0 fully saturated rings. The van der Waals surface area contributed by atoms with E-state index < -0.39 is 0 Å². The molecular weight excluding hydrogens is 120 g/mol. The lowest BCUT2D eigenvalue weighted by Crippen LogP contribution is -1.50. The van der Waals surface area contributed by atoms with E-state index in [-0.39, 0.29) is 0 Å². The van der Waals surface area contributed by atoms with Crippen LogP contribution in [0.3, 0.4) is 0 Å². The molecule has 0 N–H and O–H groups in total. The topological polar surface area (TPSA) is 0 Å². The van der Waals surface area contributed by atoms with E-state index in [1.54, 1.807) is 12.2 Å². The number of rotatable bonds is 0. The molecule has 0 aliphatic carbocycles. The van der Waals surface area contributed by atoms with Gasteiger partial charge in [-0.3, -0.25) is 0 Å². The first-order valence-electron chi connectivity index (χ1n) is 2.49. The second-order valence-electron chi connectivity index (χ2n) is 1.16. The molecule has 0 aromatic rings. The minimum atomic E-state index is 1.55. The fourth-order valence-corrected chi connectivity index (χ4v) is 0.250.